The van der Waals surface area contributed by atoms with Crippen LogP contribution < -0.4 is 15.4 Å². The number of amidine groups is 1. The van der Waals surface area contributed by atoms with Gasteiger partial charge in [-0.2, -0.15) is 0 Å². The van der Waals surface area contributed by atoms with Crippen molar-refractivity contribution in [2.75, 3.05) is 23.9 Å². The van der Waals surface area contributed by atoms with Crippen LogP contribution in [0.5, 0.6) is 5.75 Å². The summed E-state index contributed by atoms with van der Waals surface area (Å²) in [6, 6.07) is 14.5. The van der Waals surface area contributed by atoms with Crippen molar-refractivity contribution in [1.82, 2.24) is 5.32 Å². The second-order valence-corrected chi connectivity index (χ2v) is 10.3. The van der Waals surface area contributed by atoms with Gasteiger partial charge in [-0.15, -0.1) is 0 Å². The van der Waals surface area contributed by atoms with Gasteiger partial charge >= 0.3 is 0 Å². The van der Waals surface area contributed by atoms with E-state index in [4.69, 9.17) is 4.74 Å². The van der Waals surface area contributed by atoms with Gasteiger partial charge in [-0.1, -0.05) is 23.9 Å². The molecule has 1 amide bonds. The summed E-state index contributed by atoms with van der Waals surface area (Å²) in [5.41, 5.74) is 2.36. The van der Waals surface area contributed by atoms with E-state index in [1.165, 1.54) is 11.8 Å². The van der Waals surface area contributed by atoms with Gasteiger partial charge in [0.25, 0.3) is 5.91 Å². The van der Waals surface area contributed by atoms with E-state index in [9.17, 15) is 13.2 Å². The largest absolute Gasteiger partial charge is 0.497 e. The number of nitrogens with one attached hydrogen (secondary N) is 2. The number of sulfone groups is 1. The van der Waals surface area contributed by atoms with Crippen LogP contribution in [0.4, 0.5) is 5.69 Å². The third kappa shape index (κ3) is 4.73. The molecule has 4 rings (SSSR count). The maximum Gasteiger partial charge on any atom is 0.251 e. The first kappa shape index (κ1) is 19.8. The molecule has 2 N–H and O–H groups in total. The van der Waals surface area contributed by atoms with Crippen LogP contribution >= 0.6 is 11.8 Å². The van der Waals surface area contributed by atoms with Gasteiger partial charge in [0, 0.05) is 23.0 Å². The molecule has 2 aliphatic rings. The highest BCUT2D eigenvalue weighted by atomic mass is 32.2. The van der Waals surface area contributed by atoms with Crippen molar-refractivity contribution in [3.63, 3.8) is 0 Å². The molecule has 1 fully saturated rings. The molecule has 152 valence electrons. The molecule has 0 aliphatic carbocycles. The van der Waals surface area contributed by atoms with Crippen LogP contribution in [-0.2, 0) is 16.4 Å². The molecule has 29 heavy (non-hydrogen) atoms. The number of rotatable bonds is 5. The Morgan fingerprint density at radius 1 is 1.14 bits per heavy atom. The van der Waals surface area contributed by atoms with Crippen molar-refractivity contribution < 1.29 is 17.9 Å². The summed E-state index contributed by atoms with van der Waals surface area (Å²) < 4.78 is 28.4. The fourth-order valence-corrected chi connectivity index (χ4v) is 6.95. The second kappa shape index (κ2) is 8.08. The van der Waals surface area contributed by atoms with E-state index in [2.05, 4.69) is 15.6 Å². The molecule has 0 spiro atoms. The predicted octanol–water partition coefficient (Wildman–Crippen LogP) is 2.31. The molecule has 2 aromatic carbocycles. The van der Waals surface area contributed by atoms with Crippen LogP contribution in [0.3, 0.4) is 0 Å². The molecule has 0 saturated carbocycles. The topological polar surface area (TPSA) is 96.9 Å². The third-order valence-corrected chi connectivity index (χ3v) is 7.97. The summed E-state index contributed by atoms with van der Waals surface area (Å²) in [6.07, 6.45) is 0. The Bertz CT molecular complexity index is 1030. The van der Waals surface area contributed by atoms with Crippen LogP contribution in [-0.4, -0.2) is 49.4 Å². The molecule has 0 unspecified atom stereocenters. The lowest BCUT2D eigenvalue weighted by molar-refractivity contribution is 0.0951. The predicted molar refractivity (Wildman–Crippen MR) is 115 cm³/mol. The van der Waals surface area contributed by atoms with Gasteiger partial charge < -0.3 is 15.4 Å². The Kier molecular flexibility index (Phi) is 5.51. The number of hydrogen-bond acceptors (Lipinski definition) is 7. The van der Waals surface area contributed by atoms with Gasteiger partial charge in [0.2, 0.25) is 0 Å². The van der Waals surface area contributed by atoms with Crippen LogP contribution in [0.2, 0.25) is 0 Å². The standard InChI is InChI=1S/C20H21N3O4S2/c1-27-16-8-2-13(3-9-16)10-21-19(24)14-4-6-15(7-5-14)22-20-23-17-11-29(25,26)12-18(17)28-20/h2-9,17-18H,10-12H2,1H3,(H,21,24)(H,22,23)/t17-,18+/m0/s1. The molecule has 2 atom stereocenters. The number of methoxy groups -OCH3 is 1. The van der Waals surface area contributed by atoms with E-state index >= 15 is 0 Å². The highest BCUT2D eigenvalue weighted by molar-refractivity contribution is 8.15. The molecule has 9 heteroatoms. The lowest BCUT2D eigenvalue weighted by atomic mass is 10.1. The maximum absolute atomic E-state index is 12.3. The quantitative estimate of drug-likeness (QED) is 0.754. The Balaban J connectivity index is 1.31. The lowest BCUT2D eigenvalue weighted by Gasteiger charge is -2.09. The van der Waals surface area contributed by atoms with E-state index in [1.54, 1.807) is 19.2 Å². The number of aliphatic imine (C=N–C) groups is 1. The Morgan fingerprint density at radius 2 is 1.86 bits per heavy atom. The number of fused-ring (bicyclic) bond motifs is 1. The minimum absolute atomic E-state index is 0.00510. The average Bonchev–Trinajstić information content (AvgIpc) is 3.19. The van der Waals surface area contributed by atoms with E-state index < -0.39 is 9.84 Å². The summed E-state index contributed by atoms with van der Waals surface area (Å²) in [5.74, 6) is 0.936. The second-order valence-electron chi connectivity index (χ2n) is 6.97. The molecule has 1 saturated heterocycles. The molecule has 0 radical (unpaired) electrons. The number of carbonyl (C=O) groups is 1. The van der Waals surface area contributed by atoms with Crippen LogP contribution in [0.1, 0.15) is 15.9 Å². The van der Waals surface area contributed by atoms with Gasteiger partial charge in [-0.25, -0.2) is 8.42 Å². The van der Waals surface area contributed by atoms with Crippen molar-refractivity contribution in [1.29, 1.82) is 0 Å². The molecule has 0 aromatic heterocycles. The SMILES string of the molecule is COc1ccc(CNC(=O)c2ccc(NC3=N[C@H]4CS(=O)(=O)C[C@H]4S3)cc2)cc1. The first-order valence-corrected chi connectivity index (χ1v) is 11.8. The first-order valence-electron chi connectivity index (χ1n) is 9.15. The number of nitrogens with zero attached hydrogens (tertiary/aromatic N) is 1. The zero-order valence-corrected chi connectivity index (χ0v) is 17.4. The summed E-state index contributed by atoms with van der Waals surface area (Å²) >= 11 is 1.47. The number of thioether (sulfide) groups is 1. The molecule has 2 aliphatic heterocycles. The van der Waals surface area contributed by atoms with Crippen LogP contribution in [0, 0.1) is 0 Å². The third-order valence-electron chi connectivity index (χ3n) is 4.83. The Labute approximate surface area is 173 Å². The Morgan fingerprint density at radius 3 is 2.52 bits per heavy atom. The monoisotopic (exact) mass is 431 g/mol. The van der Waals surface area contributed by atoms with Gasteiger partial charge in [0.1, 0.15) is 5.75 Å². The van der Waals surface area contributed by atoms with Crippen molar-refractivity contribution >= 4 is 38.4 Å². The van der Waals surface area contributed by atoms with Gasteiger partial charge in [0.15, 0.2) is 15.0 Å². The number of ether oxygens (including phenoxy) is 1. The number of hydrogen-bond donors (Lipinski definition) is 2. The van der Waals surface area contributed by atoms with Crippen molar-refractivity contribution in [2.45, 2.75) is 17.8 Å². The summed E-state index contributed by atoms with van der Waals surface area (Å²) in [5, 5.41) is 6.83. The molecule has 2 heterocycles. The zero-order valence-electron chi connectivity index (χ0n) is 15.8. The van der Waals surface area contributed by atoms with E-state index in [0.29, 0.717) is 12.1 Å². The smallest absolute Gasteiger partial charge is 0.251 e. The summed E-state index contributed by atoms with van der Waals surface area (Å²) in [6.45, 7) is 0.432. The van der Waals surface area contributed by atoms with Crippen molar-refractivity contribution in [2.24, 2.45) is 4.99 Å². The van der Waals surface area contributed by atoms with Crippen LogP contribution in [0.15, 0.2) is 53.5 Å². The van der Waals surface area contributed by atoms with E-state index in [-0.39, 0.29) is 28.7 Å². The minimum Gasteiger partial charge on any atom is -0.497 e. The van der Waals surface area contributed by atoms with Crippen molar-refractivity contribution in [3.8, 4) is 5.75 Å². The first-order chi connectivity index (χ1) is 13.9. The normalized spacial score (nSPS) is 21.9. The molecular weight excluding hydrogens is 410 g/mol. The van der Waals surface area contributed by atoms with Crippen molar-refractivity contribution in [3.05, 3.63) is 59.7 Å². The number of anilines is 1. The average molecular weight is 432 g/mol. The Hall–Kier alpha value is -2.52. The molecule has 2 aromatic rings. The fraction of sp³-hybridized carbons (Fsp3) is 0.300. The van der Waals surface area contributed by atoms with Gasteiger partial charge in [-0.3, -0.25) is 9.79 Å². The van der Waals surface area contributed by atoms with E-state index in [1.807, 2.05) is 36.4 Å². The fourth-order valence-electron chi connectivity index (χ4n) is 3.27. The summed E-state index contributed by atoms with van der Waals surface area (Å²) in [4.78, 5) is 16.8. The molecule has 7 nitrogen and oxygen atoms in total. The van der Waals surface area contributed by atoms with Crippen LogP contribution in [0.25, 0.3) is 0 Å². The molecule has 0 bridgehead atoms. The summed E-state index contributed by atoms with van der Waals surface area (Å²) in [7, 11) is -1.34. The number of amides is 1. The van der Waals surface area contributed by atoms with E-state index in [0.717, 1.165) is 22.2 Å². The number of benzene rings is 2. The lowest BCUT2D eigenvalue weighted by Crippen LogP contribution is -2.22. The zero-order chi connectivity index (χ0) is 20.4. The number of carbonyl (C=O) groups excluding carboxylic acids is 1. The van der Waals surface area contributed by atoms with Gasteiger partial charge in [-0.05, 0) is 42.0 Å². The minimum atomic E-state index is -2.95. The highest BCUT2D eigenvalue weighted by Gasteiger charge is 2.42. The maximum atomic E-state index is 12.3. The van der Waals surface area contributed by atoms with Gasteiger partial charge in [0.05, 0.1) is 24.7 Å². The molecular formula is C20H21N3O4S2. The highest BCUT2D eigenvalue weighted by Crippen LogP contribution is 2.34.